The Bertz CT molecular complexity index is 563. The Kier molecular flexibility index (Phi) is 3.48. The monoisotopic (exact) mass is 276 g/mol. The molecule has 1 aromatic heterocycles. The van der Waals surface area contributed by atoms with Crippen LogP contribution in [0.1, 0.15) is 25.1 Å². The van der Waals surface area contributed by atoms with Crippen LogP contribution < -0.4 is 5.32 Å². The molecule has 1 aliphatic heterocycles. The maximum atomic E-state index is 11.7. The zero-order chi connectivity index (χ0) is 14.9. The van der Waals surface area contributed by atoms with Crippen LogP contribution in [-0.4, -0.2) is 22.7 Å². The fraction of sp³-hybridized carbons (Fsp3) is 0.357. The molecular formula is C14H16N2O4. The Hall–Kier alpha value is -2.37. The van der Waals surface area contributed by atoms with Crippen molar-refractivity contribution in [1.29, 1.82) is 0 Å². The molecule has 1 N–H and O–H groups in total. The minimum absolute atomic E-state index is 0.190. The number of carbonyl (C=O) groups excluding carboxylic acids is 2. The molecule has 0 saturated carbocycles. The smallest absolute Gasteiger partial charge is 0.350 e. The van der Waals surface area contributed by atoms with Gasteiger partial charge in [0, 0.05) is 25.7 Å². The highest BCUT2D eigenvalue weighted by atomic mass is 16.7. The first-order valence-corrected chi connectivity index (χ1v) is 6.15. The lowest BCUT2D eigenvalue weighted by atomic mass is 10.2. The number of esters is 2. The van der Waals surface area contributed by atoms with Crippen LogP contribution >= 0.6 is 0 Å². The van der Waals surface area contributed by atoms with Gasteiger partial charge in [0.05, 0.1) is 0 Å². The average Bonchev–Trinajstić information content (AvgIpc) is 2.24. The highest BCUT2D eigenvalue weighted by Crippen LogP contribution is 2.22. The third kappa shape index (κ3) is 3.14. The van der Waals surface area contributed by atoms with Gasteiger partial charge in [0.25, 0.3) is 5.79 Å². The number of cyclic esters (lactones) is 2. The fourth-order valence-corrected chi connectivity index (χ4v) is 1.84. The second-order valence-electron chi connectivity index (χ2n) is 5.05. The molecule has 0 radical (unpaired) electrons. The van der Waals surface area contributed by atoms with Gasteiger partial charge in [-0.15, -0.1) is 0 Å². The SMILES string of the molecule is Cc1cc(C)nc(NC=C2C(=O)OC(C)(C)OC2=O)c1. The van der Waals surface area contributed by atoms with E-state index in [9.17, 15) is 9.59 Å². The van der Waals surface area contributed by atoms with Crippen molar-refractivity contribution < 1.29 is 19.1 Å². The number of aromatic nitrogens is 1. The maximum absolute atomic E-state index is 11.7. The summed E-state index contributed by atoms with van der Waals surface area (Å²) in [4.78, 5) is 27.7. The second kappa shape index (κ2) is 4.96. The van der Waals surface area contributed by atoms with Crippen molar-refractivity contribution in [2.45, 2.75) is 33.5 Å². The largest absolute Gasteiger partial charge is 0.419 e. The van der Waals surface area contributed by atoms with Crippen LogP contribution in [-0.2, 0) is 19.1 Å². The van der Waals surface area contributed by atoms with Gasteiger partial charge < -0.3 is 14.8 Å². The summed E-state index contributed by atoms with van der Waals surface area (Å²) in [7, 11) is 0. The summed E-state index contributed by atoms with van der Waals surface area (Å²) in [5.41, 5.74) is 1.67. The maximum Gasteiger partial charge on any atom is 0.350 e. The average molecular weight is 276 g/mol. The Morgan fingerprint density at radius 2 is 1.75 bits per heavy atom. The van der Waals surface area contributed by atoms with E-state index >= 15 is 0 Å². The summed E-state index contributed by atoms with van der Waals surface area (Å²) >= 11 is 0. The van der Waals surface area contributed by atoms with Crippen LogP contribution in [0.15, 0.2) is 23.9 Å². The number of pyridine rings is 1. The summed E-state index contributed by atoms with van der Waals surface area (Å²) in [6, 6.07) is 3.72. The predicted octanol–water partition coefficient (Wildman–Crippen LogP) is 1.83. The number of hydrogen-bond acceptors (Lipinski definition) is 6. The van der Waals surface area contributed by atoms with Crippen LogP contribution in [0.3, 0.4) is 0 Å². The lowest BCUT2D eigenvalue weighted by Crippen LogP contribution is -2.42. The normalized spacial score (nSPS) is 17.3. The molecule has 0 aliphatic carbocycles. The number of anilines is 1. The Labute approximate surface area is 116 Å². The van der Waals surface area contributed by atoms with E-state index in [1.807, 2.05) is 19.9 Å². The molecule has 0 bridgehead atoms. The van der Waals surface area contributed by atoms with Crippen LogP contribution in [0.5, 0.6) is 0 Å². The zero-order valence-electron chi connectivity index (χ0n) is 11.8. The number of nitrogens with zero attached hydrogens (tertiary/aromatic N) is 1. The van der Waals surface area contributed by atoms with Gasteiger partial charge in [-0.1, -0.05) is 0 Å². The van der Waals surface area contributed by atoms with Crippen molar-refractivity contribution >= 4 is 17.8 Å². The van der Waals surface area contributed by atoms with Gasteiger partial charge >= 0.3 is 11.9 Å². The summed E-state index contributed by atoms with van der Waals surface area (Å²) < 4.78 is 9.96. The lowest BCUT2D eigenvalue weighted by Gasteiger charge is -2.29. The van der Waals surface area contributed by atoms with Crippen LogP contribution in [0.25, 0.3) is 0 Å². The van der Waals surface area contributed by atoms with Gasteiger partial charge in [0.15, 0.2) is 5.57 Å². The van der Waals surface area contributed by atoms with Crippen molar-refractivity contribution in [3.8, 4) is 0 Å². The summed E-state index contributed by atoms with van der Waals surface area (Å²) in [6.45, 7) is 6.78. The van der Waals surface area contributed by atoms with Gasteiger partial charge in [-0.25, -0.2) is 14.6 Å². The molecule has 106 valence electrons. The molecule has 0 unspecified atom stereocenters. The molecular weight excluding hydrogens is 260 g/mol. The van der Waals surface area contributed by atoms with Gasteiger partial charge in [-0.2, -0.15) is 0 Å². The van der Waals surface area contributed by atoms with Gasteiger partial charge in [-0.3, -0.25) is 0 Å². The standard InChI is InChI=1S/C14H16N2O4/c1-8-5-9(2)16-11(6-8)15-7-10-12(17)19-14(3,4)20-13(10)18/h5-7H,1-4H3,(H,15,16). The van der Waals surface area contributed by atoms with E-state index in [2.05, 4.69) is 10.3 Å². The molecule has 0 amide bonds. The minimum Gasteiger partial charge on any atom is -0.419 e. The summed E-state index contributed by atoms with van der Waals surface area (Å²) in [6.07, 6.45) is 1.25. The quantitative estimate of drug-likeness (QED) is 0.504. The highest BCUT2D eigenvalue weighted by molar-refractivity contribution is 6.15. The Morgan fingerprint density at radius 3 is 2.30 bits per heavy atom. The van der Waals surface area contributed by atoms with Gasteiger partial charge in [-0.05, 0) is 31.5 Å². The molecule has 0 aromatic carbocycles. The molecule has 1 saturated heterocycles. The zero-order valence-corrected chi connectivity index (χ0v) is 11.8. The minimum atomic E-state index is -1.23. The van der Waals surface area contributed by atoms with Crippen molar-refractivity contribution in [2.24, 2.45) is 0 Å². The first kappa shape index (κ1) is 14.0. The number of nitrogens with one attached hydrogen (secondary N) is 1. The van der Waals surface area contributed by atoms with Gasteiger partial charge in [0.2, 0.25) is 0 Å². The fourth-order valence-electron chi connectivity index (χ4n) is 1.84. The van der Waals surface area contributed by atoms with E-state index in [1.165, 1.54) is 20.0 Å². The number of ether oxygens (including phenoxy) is 2. The van der Waals surface area contributed by atoms with Crippen molar-refractivity contribution in [2.75, 3.05) is 5.32 Å². The molecule has 0 spiro atoms. The number of aryl methyl sites for hydroxylation is 2. The molecule has 1 aromatic rings. The molecule has 2 heterocycles. The Morgan fingerprint density at radius 1 is 1.15 bits per heavy atom. The van der Waals surface area contributed by atoms with E-state index in [-0.39, 0.29) is 5.57 Å². The van der Waals surface area contributed by atoms with E-state index in [1.54, 1.807) is 6.07 Å². The van der Waals surface area contributed by atoms with Crippen molar-refractivity contribution in [3.63, 3.8) is 0 Å². The van der Waals surface area contributed by atoms with E-state index in [0.29, 0.717) is 5.82 Å². The van der Waals surface area contributed by atoms with Crippen molar-refractivity contribution in [1.82, 2.24) is 4.98 Å². The molecule has 6 heteroatoms. The third-order valence-electron chi connectivity index (χ3n) is 2.58. The van der Waals surface area contributed by atoms with E-state index < -0.39 is 17.7 Å². The van der Waals surface area contributed by atoms with E-state index in [0.717, 1.165) is 11.3 Å². The molecule has 20 heavy (non-hydrogen) atoms. The molecule has 1 fully saturated rings. The van der Waals surface area contributed by atoms with Crippen LogP contribution in [0.4, 0.5) is 5.82 Å². The summed E-state index contributed by atoms with van der Waals surface area (Å²) in [5, 5.41) is 2.81. The van der Waals surface area contributed by atoms with Crippen LogP contribution in [0, 0.1) is 13.8 Å². The number of rotatable bonds is 2. The van der Waals surface area contributed by atoms with Gasteiger partial charge in [0.1, 0.15) is 5.82 Å². The topological polar surface area (TPSA) is 77.5 Å². The second-order valence-corrected chi connectivity index (χ2v) is 5.05. The van der Waals surface area contributed by atoms with E-state index in [4.69, 9.17) is 9.47 Å². The molecule has 0 atom stereocenters. The first-order valence-electron chi connectivity index (χ1n) is 6.15. The molecule has 1 aliphatic rings. The Balaban J connectivity index is 2.19. The molecule has 2 rings (SSSR count). The highest BCUT2D eigenvalue weighted by Gasteiger charge is 2.38. The third-order valence-corrected chi connectivity index (χ3v) is 2.58. The lowest BCUT2D eigenvalue weighted by molar-refractivity contribution is -0.222. The van der Waals surface area contributed by atoms with Crippen molar-refractivity contribution in [3.05, 3.63) is 35.2 Å². The number of hydrogen-bond donors (Lipinski definition) is 1. The first-order chi connectivity index (χ1) is 9.27. The van der Waals surface area contributed by atoms with Crippen LogP contribution in [0.2, 0.25) is 0 Å². The molecule has 6 nitrogen and oxygen atoms in total. The summed E-state index contributed by atoms with van der Waals surface area (Å²) in [5.74, 6) is -2.13. The predicted molar refractivity (Wildman–Crippen MR) is 71.7 cm³/mol. The number of carbonyl (C=O) groups is 2.